The van der Waals surface area contributed by atoms with Crippen molar-refractivity contribution in [3.05, 3.63) is 65.2 Å². The van der Waals surface area contributed by atoms with Crippen LogP contribution in [0.15, 0.2) is 48.5 Å². The van der Waals surface area contributed by atoms with Crippen molar-refractivity contribution >= 4 is 5.91 Å². The number of benzene rings is 2. The fourth-order valence-corrected chi connectivity index (χ4v) is 1.84. The molecule has 0 radical (unpaired) electrons. The third kappa shape index (κ3) is 4.27. The molecule has 1 amide bonds. The van der Waals surface area contributed by atoms with Gasteiger partial charge in [0.2, 0.25) is 0 Å². The lowest BCUT2D eigenvalue weighted by molar-refractivity contribution is -0.0501. The maximum Gasteiger partial charge on any atom is 0.387 e. The Hall–Kier alpha value is -2.43. The first kappa shape index (κ1) is 15.0. The number of para-hydroxylation sites is 1. The fraction of sp³-hybridized carbons (Fsp3) is 0.188. The highest BCUT2D eigenvalue weighted by molar-refractivity contribution is 5.96. The summed E-state index contributed by atoms with van der Waals surface area (Å²) in [6.07, 6.45) is 0. The Kier molecular flexibility index (Phi) is 4.87. The van der Waals surface area contributed by atoms with Crippen molar-refractivity contribution in [1.29, 1.82) is 0 Å². The van der Waals surface area contributed by atoms with E-state index in [1.165, 1.54) is 18.2 Å². The molecule has 5 heteroatoms. The summed E-state index contributed by atoms with van der Waals surface area (Å²) in [6.45, 7) is -0.668. The first-order valence-corrected chi connectivity index (χ1v) is 6.44. The van der Waals surface area contributed by atoms with Gasteiger partial charge in [-0.1, -0.05) is 42.0 Å². The molecule has 2 aromatic carbocycles. The maximum atomic E-state index is 12.3. The highest BCUT2D eigenvalue weighted by Crippen LogP contribution is 2.20. The summed E-state index contributed by atoms with van der Waals surface area (Å²) in [4.78, 5) is 12.1. The number of ether oxygens (including phenoxy) is 1. The minimum absolute atomic E-state index is 0.0879. The van der Waals surface area contributed by atoms with Gasteiger partial charge in [-0.15, -0.1) is 0 Å². The molecule has 0 spiro atoms. The second kappa shape index (κ2) is 6.83. The average molecular weight is 291 g/mol. The van der Waals surface area contributed by atoms with Gasteiger partial charge in [0.05, 0.1) is 5.56 Å². The van der Waals surface area contributed by atoms with E-state index in [4.69, 9.17) is 0 Å². The molecule has 0 aliphatic heterocycles. The monoisotopic (exact) mass is 291 g/mol. The molecular formula is C16H15F2NO2. The van der Waals surface area contributed by atoms with Crippen LogP contribution in [-0.2, 0) is 6.54 Å². The van der Waals surface area contributed by atoms with E-state index in [1.54, 1.807) is 6.07 Å². The number of alkyl halides is 2. The Balaban J connectivity index is 2.05. The molecule has 0 saturated carbocycles. The van der Waals surface area contributed by atoms with Gasteiger partial charge < -0.3 is 10.1 Å². The van der Waals surface area contributed by atoms with E-state index in [2.05, 4.69) is 10.1 Å². The number of nitrogens with one attached hydrogen (secondary N) is 1. The molecule has 0 bridgehead atoms. The minimum atomic E-state index is -2.96. The first-order chi connectivity index (χ1) is 10.1. The van der Waals surface area contributed by atoms with E-state index in [0.29, 0.717) is 6.54 Å². The van der Waals surface area contributed by atoms with E-state index in [0.717, 1.165) is 11.1 Å². The minimum Gasteiger partial charge on any atom is -0.434 e. The Morgan fingerprint density at radius 2 is 1.81 bits per heavy atom. The lowest BCUT2D eigenvalue weighted by atomic mass is 10.1. The second-order valence-corrected chi connectivity index (χ2v) is 4.54. The third-order valence-electron chi connectivity index (χ3n) is 2.92. The van der Waals surface area contributed by atoms with Crippen molar-refractivity contribution in [2.75, 3.05) is 0 Å². The lowest BCUT2D eigenvalue weighted by Gasteiger charge is -2.11. The van der Waals surface area contributed by atoms with Crippen molar-refractivity contribution in [1.82, 2.24) is 5.32 Å². The molecule has 0 saturated heterocycles. The summed E-state index contributed by atoms with van der Waals surface area (Å²) in [7, 11) is 0. The molecule has 21 heavy (non-hydrogen) atoms. The molecular weight excluding hydrogens is 276 g/mol. The molecule has 3 nitrogen and oxygen atoms in total. The van der Waals surface area contributed by atoms with Crippen LogP contribution in [0.5, 0.6) is 5.75 Å². The topological polar surface area (TPSA) is 38.3 Å². The number of rotatable bonds is 5. The Labute approximate surface area is 121 Å². The summed E-state index contributed by atoms with van der Waals surface area (Å²) in [5.41, 5.74) is 2.15. The van der Waals surface area contributed by atoms with Crippen molar-refractivity contribution in [3.8, 4) is 5.75 Å². The van der Waals surface area contributed by atoms with Crippen LogP contribution in [0.1, 0.15) is 21.5 Å². The second-order valence-electron chi connectivity index (χ2n) is 4.54. The van der Waals surface area contributed by atoms with Gasteiger partial charge in [0.15, 0.2) is 0 Å². The molecule has 0 fully saturated rings. The van der Waals surface area contributed by atoms with E-state index >= 15 is 0 Å². The zero-order chi connectivity index (χ0) is 15.2. The Morgan fingerprint density at radius 1 is 1.14 bits per heavy atom. The van der Waals surface area contributed by atoms with Crippen molar-refractivity contribution in [2.45, 2.75) is 20.1 Å². The van der Waals surface area contributed by atoms with Crippen molar-refractivity contribution < 1.29 is 18.3 Å². The third-order valence-corrected chi connectivity index (χ3v) is 2.92. The van der Waals surface area contributed by atoms with E-state index in [9.17, 15) is 13.6 Å². The molecule has 0 atom stereocenters. The summed E-state index contributed by atoms with van der Waals surface area (Å²) >= 11 is 0. The van der Waals surface area contributed by atoms with Gasteiger partial charge >= 0.3 is 6.61 Å². The number of carbonyl (C=O) groups is 1. The number of amides is 1. The van der Waals surface area contributed by atoms with Gasteiger partial charge in [-0.05, 0) is 24.6 Å². The SMILES string of the molecule is Cc1ccc(CNC(=O)c2ccccc2OC(F)F)cc1. The standard InChI is InChI=1S/C16H15F2NO2/c1-11-6-8-12(9-7-11)10-19-15(20)13-4-2-3-5-14(13)21-16(17)18/h2-9,16H,10H2,1H3,(H,19,20). The van der Waals surface area contributed by atoms with E-state index in [1.807, 2.05) is 31.2 Å². The zero-order valence-corrected chi connectivity index (χ0v) is 11.5. The summed E-state index contributed by atoms with van der Waals surface area (Å²) in [5.74, 6) is -0.583. The summed E-state index contributed by atoms with van der Waals surface area (Å²) in [5, 5.41) is 2.68. The quantitative estimate of drug-likeness (QED) is 0.915. The number of hydrogen-bond donors (Lipinski definition) is 1. The molecule has 0 heterocycles. The van der Waals surface area contributed by atoms with Crippen LogP contribution in [0.25, 0.3) is 0 Å². The fourth-order valence-electron chi connectivity index (χ4n) is 1.84. The summed E-state index contributed by atoms with van der Waals surface area (Å²) in [6, 6.07) is 13.6. The van der Waals surface area contributed by atoms with Crippen LogP contribution in [-0.4, -0.2) is 12.5 Å². The predicted molar refractivity (Wildman–Crippen MR) is 75.4 cm³/mol. The average Bonchev–Trinajstić information content (AvgIpc) is 2.46. The molecule has 1 N–H and O–H groups in total. The van der Waals surface area contributed by atoms with Gasteiger partial charge in [0, 0.05) is 6.54 Å². The van der Waals surface area contributed by atoms with Crippen molar-refractivity contribution in [3.63, 3.8) is 0 Å². The molecule has 0 aliphatic rings. The van der Waals surface area contributed by atoms with Crippen LogP contribution >= 0.6 is 0 Å². The largest absolute Gasteiger partial charge is 0.434 e. The van der Waals surface area contributed by atoms with Gasteiger partial charge in [0.1, 0.15) is 5.75 Å². The van der Waals surface area contributed by atoms with Crippen LogP contribution in [0.2, 0.25) is 0 Å². The molecule has 0 aliphatic carbocycles. The highest BCUT2D eigenvalue weighted by atomic mass is 19.3. The first-order valence-electron chi connectivity index (χ1n) is 6.44. The van der Waals surface area contributed by atoms with Gasteiger partial charge in [-0.25, -0.2) is 0 Å². The number of aryl methyl sites for hydroxylation is 1. The Bertz CT molecular complexity index is 612. The van der Waals surface area contributed by atoms with E-state index < -0.39 is 12.5 Å². The van der Waals surface area contributed by atoms with E-state index in [-0.39, 0.29) is 11.3 Å². The predicted octanol–water partition coefficient (Wildman–Crippen LogP) is 3.53. The number of hydrogen-bond acceptors (Lipinski definition) is 2. The van der Waals surface area contributed by atoms with Crippen LogP contribution in [0.4, 0.5) is 8.78 Å². The normalized spacial score (nSPS) is 10.5. The van der Waals surface area contributed by atoms with Gasteiger partial charge in [0.25, 0.3) is 5.91 Å². The molecule has 110 valence electrons. The van der Waals surface area contributed by atoms with Gasteiger partial charge in [-0.3, -0.25) is 4.79 Å². The van der Waals surface area contributed by atoms with Crippen LogP contribution in [0.3, 0.4) is 0 Å². The summed E-state index contributed by atoms with van der Waals surface area (Å²) < 4.78 is 28.9. The molecule has 2 rings (SSSR count). The highest BCUT2D eigenvalue weighted by Gasteiger charge is 2.14. The Morgan fingerprint density at radius 3 is 2.48 bits per heavy atom. The molecule has 0 aromatic heterocycles. The number of carbonyl (C=O) groups excluding carboxylic acids is 1. The molecule has 2 aromatic rings. The van der Waals surface area contributed by atoms with Gasteiger partial charge in [-0.2, -0.15) is 8.78 Å². The lowest BCUT2D eigenvalue weighted by Crippen LogP contribution is -2.23. The number of halogens is 2. The maximum absolute atomic E-state index is 12.3. The molecule has 0 unspecified atom stereocenters. The van der Waals surface area contributed by atoms with Crippen molar-refractivity contribution in [2.24, 2.45) is 0 Å². The zero-order valence-electron chi connectivity index (χ0n) is 11.5. The smallest absolute Gasteiger partial charge is 0.387 e. The van der Waals surface area contributed by atoms with Crippen LogP contribution < -0.4 is 10.1 Å². The van der Waals surface area contributed by atoms with Crippen LogP contribution in [0, 0.1) is 6.92 Å².